The van der Waals surface area contributed by atoms with Crippen molar-refractivity contribution >= 4 is 5.91 Å². The van der Waals surface area contributed by atoms with E-state index in [-0.39, 0.29) is 23.3 Å². The second-order valence-electron chi connectivity index (χ2n) is 6.45. The molecule has 0 radical (unpaired) electrons. The van der Waals surface area contributed by atoms with Crippen molar-refractivity contribution in [3.8, 4) is 0 Å². The third-order valence-electron chi connectivity index (χ3n) is 5.13. The Kier molecular flexibility index (Phi) is 3.10. The number of hydrogen-bond donors (Lipinski definition) is 2. The minimum Gasteiger partial charge on any atom is -0.377 e. The normalized spacial score (nSPS) is 34.1. The molecule has 20 heavy (non-hydrogen) atoms. The first-order valence-electron chi connectivity index (χ1n) is 7.20. The van der Waals surface area contributed by atoms with E-state index < -0.39 is 5.54 Å². The van der Waals surface area contributed by atoms with E-state index in [4.69, 9.17) is 10.5 Å². The van der Waals surface area contributed by atoms with Gasteiger partial charge in [0.05, 0.1) is 6.10 Å². The van der Waals surface area contributed by atoms with Gasteiger partial charge in [-0.3, -0.25) is 4.79 Å². The van der Waals surface area contributed by atoms with Gasteiger partial charge in [-0.05, 0) is 12.0 Å². The van der Waals surface area contributed by atoms with E-state index >= 15 is 0 Å². The molecule has 3 atom stereocenters. The second kappa shape index (κ2) is 4.57. The molecule has 108 valence electrons. The van der Waals surface area contributed by atoms with Crippen LogP contribution in [-0.4, -0.2) is 24.2 Å². The molecule has 1 aromatic rings. The minimum absolute atomic E-state index is 0.0573. The molecule has 1 aliphatic heterocycles. The van der Waals surface area contributed by atoms with Crippen molar-refractivity contribution in [3.05, 3.63) is 35.9 Å². The van der Waals surface area contributed by atoms with E-state index in [1.165, 1.54) is 0 Å². The Hall–Kier alpha value is -1.39. The molecule has 0 aromatic heterocycles. The van der Waals surface area contributed by atoms with Crippen LogP contribution in [0.3, 0.4) is 0 Å². The monoisotopic (exact) mass is 274 g/mol. The summed E-state index contributed by atoms with van der Waals surface area (Å²) in [6, 6.07) is 9.89. The van der Waals surface area contributed by atoms with Crippen molar-refractivity contribution < 1.29 is 9.53 Å². The van der Waals surface area contributed by atoms with Crippen LogP contribution >= 0.6 is 0 Å². The maximum absolute atomic E-state index is 12.6. The maximum Gasteiger partial charge on any atom is 0.241 e. The fraction of sp³-hybridized carbons (Fsp3) is 0.562. The van der Waals surface area contributed by atoms with Crippen LogP contribution in [0.25, 0.3) is 0 Å². The molecule has 2 fully saturated rings. The molecule has 3 rings (SSSR count). The van der Waals surface area contributed by atoms with E-state index in [0.29, 0.717) is 13.2 Å². The summed E-state index contributed by atoms with van der Waals surface area (Å²) in [5, 5.41) is 2.99. The molecule has 3 N–H and O–H groups in total. The largest absolute Gasteiger partial charge is 0.377 e. The van der Waals surface area contributed by atoms with Crippen LogP contribution in [0.2, 0.25) is 0 Å². The fourth-order valence-corrected chi connectivity index (χ4v) is 3.77. The third-order valence-corrected chi connectivity index (χ3v) is 5.13. The summed E-state index contributed by atoms with van der Waals surface area (Å²) >= 11 is 0. The molecule has 4 nitrogen and oxygen atoms in total. The first-order chi connectivity index (χ1) is 9.48. The van der Waals surface area contributed by atoms with Crippen LogP contribution in [0, 0.1) is 11.3 Å². The molecular weight excluding hydrogens is 252 g/mol. The molecule has 1 saturated carbocycles. The van der Waals surface area contributed by atoms with Gasteiger partial charge in [0.1, 0.15) is 5.54 Å². The molecule has 1 heterocycles. The summed E-state index contributed by atoms with van der Waals surface area (Å²) in [6.07, 6.45) is 0.999. The van der Waals surface area contributed by atoms with Gasteiger partial charge in [-0.25, -0.2) is 0 Å². The lowest BCUT2D eigenvalue weighted by Crippen LogP contribution is -2.80. The average Bonchev–Trinajstić information content (AvgIpc) is 2.93. The van der Waals surface area contributed by atoms with Gasteiger partial charge in [0.15, 0.2) is 0 Å². The van der Waals surface area contributed by atoms with Crippen LogP contribution in [0.5, 0.6) is 0 Å². The Labute approximate surface area is 119 Å². The van der Waals surface area contributed by atoms with Crippen molar-refractivity contribution in [1.29, 1.82) is 0 Å². The van der Waals surface area contributed by atoms with E-state index in [2.05, 4.69) is 5.32 Å². The number of carbonyl (C=O) groups is 1. The van der Waals surface area contributed by atoms with Crippen molar-refractivity contribution in [3.63, 3.8) is 0 Å². The first-order valence-corrected chi connectivity index (χ1v) is 7.20. The van der Waals surface area contributed by atoms with E-state index in [9.17, 15) is 4.79 Å². The highest BCUT2D eigenvalue weighted by molar-refractivity contribution is 5.89. The lowest BCUT2D eigenvalue weighted by molar-refractivity contribution is -0.175. The van der Waals surface area contributed by atoms with Crippen LogP contribution in [0.1, 0.15) is 25.8 Å². The maximum atomic E-state index is 12.6. The summed E-state index contributed by atoms with van der Waals surface area (Å²) in [4.78, 5) is 12.6. The van der Waals surface area contributed by atoms with Gasteiger partial charge in [0.25, 0.3) is 0 Å². The standard InChI is InChI=1S/C16H22N2O2/c1-15(2)13-12(8-9-20-13)16(15,17)14(19)18-10-11-6-4-3-5-7-11/h3-7,12-13H,8-10,17H2,1-2H3,(H,18,19). The van der Waals surface area contributed by atoms with Crippen molar-refractivity contribution in [2.24, 2.45) is 17.1 Å². The first kappa shape index (κ1) is 13.6. The molecule has 1 amide bonds. The summed E-state index contributed by atoms with van der Waals surface area (Å²) < 4.78 is 5.72. The number of fused-ring (bicyclic) bond motifs is 1. The third kappa shape index (κ3) is 1.71. The Morgan fingerprint density at radius 3 is 2.80 bits per heavy atom. The van der Waals surface area contributed by atoms with Gasteiger partial charge in [-0.15, -0.1) is 0 Å². The number of ether oxygens (including phenoxy) is 1. The highest BCUT2D eigenvalue weighted by Gasteiger charge is 2.71. The molecule has 0 spiro atoms. The Balaban J connectivity index is 1.70. The quantitative estimate of drug-likeness (QED) is 0.876. The van der Waals surface area contributed by atoms with Crippen LogP contribution < -0.4 is 11.1 Å². The SMILES string of the molecule is CC1(C)C2OCCC2C1(N)C(=O)NCc1ccccc1. The van der Waals surface area contributed by atoms with Crippen LogP contribution in [0.4, 0.5) is 0 Å². The molecule has 2 aliphatic rings. The lowest BCUT2D eigenvalue weighted by atomic mass is 9.48. The number of nitrogens with one attached hydrogen (secondary N) is 1. The van der Waals surface area contributed by atoms with Crippen LogP contribution in [-0.2, 0) is 16.1 Å². The Morgan fingerprint density at radius 1 is 1.40 bits per heavy atom. The fourth-order valence-electron chi connectivity index (χ4n) is 3.77. The summed E-state index contributed by atoms with van der Waals surface area (Å²) in [5.74, 6) is 0.0892. The molecule has 0 bridgehead atoms. The van der Waals surface area contributed by atoms with Crippen molar-refractivity contribution in [2.45, 2.75) is 38.5 Å². The predicted octanol–water partition coefficient (Wildman–Crippen LogP) is 1.45. The number of hydrogen-bond acceptors (Lipinski definition) is 3. The number of nitrogens with two attached hydrogens (primary N) is 1. The molecule has 1 aromatic carbocycles. The van der Waals surface area contributed by atoms with Crippen molar-refractivity contribution in [2.75, 3.05) is 6.61 Å². The minimum atomic E-state index is -0.817. The molecule has 1 saturated heterocycles. The Bertz CT molecular complexity index is 514. The number of amides is 1. The van der Waals surface area contributed by atoms with Gasteiger partial charge in [-0.1, -0.05) is 44.2 Å². The summed E-state index contributed by atoms with van der Waals surface area (Å²) in [5.41, 5.74) is 6.44. The van der Waals surface area contributed by atoms with E-state index in [0.717, 1.165) is 12.0 Å². The zero-order chi connectivity index (χ0) is 14.4. The number of carbonyl (C=O) groups excluding carboxylic acids is 1. The number of rotatable bonds is 3. The predicted molar refractivity (Wildman–Crippen MR) is 76.8 cm³/mol. The molecule has 1 aliphatic carbocycles. The highest BCUT2D eigenvalue weighted by atomic mass is 16.5. The average molecular weight is 274 g/mol. The summed E-state index contributed by atoms with van der Waals surface area (Å²) in [6.45, 7) is 5.29. The van der Waals surface area contributed by atoms with E-state index in [1.807, 2.05) is 44.2 Å². The van der Waals surface area contributed by atoms with Crippen molar-refractivity contribution in [1.82, 2.24) is 5.32 Å². The highest BCUT2D eigenvalue weighted by Crippen LogP contribution is 2.58. The summed E-state index contributed by atoms with van der Waals surface area (Å²) in [7, 11) is 0. The number of benzene rings is 1. The van der Waals surface area contributed by atoms with Gasteiger partial charge in [-0.2, -0.15) is 0 Å². The zero-order valence-electron chi connectivity index (χ0n) is 12.1. The zero-order valence-corrected chi connectivity index (χ0v) is 12.1. The van der Waals surface area contributed by atoms with Gasteiger partial charge in [0.2, 0.25) is 5.91 Å². The molecular formula is C16H22N2O2. The lowest BCUT2D eigenvalue weighted by Gasteiger charge is -2.60. The van der Waals surface area contributed by atoms with Crippen LogP contribution in [0.15, 0.2) is 30.3 Å². The topological polar surface area (TPSA) is 64.3 Å². The second-order valence-corrected chi connectivity index (χ2v) is 6.45. The Morgan fingerprint density at radius 2 is 2.10 bits per heavy atom. The van der Waals surface area contributed by atoms with E-state index in [1.54, 1.807) is 0 Å². The van der Waals surface area contributed by atoms with Gasteiger partial charge >= 0.3 is 0 Å². The van der Waals surface area contributed by atoms with Gasteiger partial charge in [0, 0.05) is 24.5 Å². The van der Waals surface area contributed by atoms with Gasteiger partial charge < -0.3 is 15.8 Å². The molecule has 3 unspecified atom stereocenters. The molecule has 4 heteroatoms. The smallest absolute Gasteiger partial charge is 0.241 e.